The second-order valence-corrected chi connectivity index (χ2v) is 7.54. The van der Waals surface area contributed by atoms with Gasteiger partial charge in [-0.25, -0.2) is 9.07 Å². The lowest BCUT2D eigenvalue weighted by molar-refractivity contribution is -0.122. The number of unbranched alkanes of at least 4 members (excludes halogenated alkanes) is 2. The van der Waals surface area contributed by atoms with Gasteiger partial charge in [0.15, 0.2) is 5.69 Å². The Kier molecular flexibility index (Phi) is 8.51. The van der Waals surface area contributed by atoms with Crippen molar-refractivity contribution in [3.8, 4) is 5.75 Å². The van der Waals surface area contributed by atoms with Crippen LogP contribution in [0.5, 0.6) is 5.75 Å². The molecule has 0 spiro atoms. The second-order valence-electron chi connectivity index (χ2n) is 7.54. The molecule has 0 atom stereocenters. The first-order valence-electron chi connectivity index (χ1n) is 11.0. The van der Waals surface area contributed by atoms with Crippen molar-refractivity contribution in [3.63, 3.8) is 0 Å². The van der Waals surface area contributed by atoms with E-state index in [2.05, 4.69) is 22.9 Å². The lowest BCUT2D eigenvalue weighted by Crippen LogP contribution is -2.42. The van der Waals surface area contributed by atoms with E-state index in [-0.39, 0.29) is 30.1 Å². The number of hydrogen-bond acceptors (Lipinski definition) is 5. The maximum Gasteiger partial charge on any atom is 0.290 e. The van der Waals surface area contributed by atoms with Crippen molar-refractivity contribution in [2.75, 3.05) is 6.61 Å². The Labute approximate surface area is 190 Å². The number of benzene rings is 2. The minimum Gasteiger partial charge on any atom is -0.494 e. The molecule has 0 radical (unpaired) electrons. The standard InChI is InChI=1S/C24H27FN4O4/c1-2-3-6-15-29-24(32)20-9-5-4-8-19(20)22(28-29)23(31)27-26-21(30)10-7-16-33-18-13-11-17(25)12-14-18/h4-5,8-9,11-14H,2-3,6-7,10,15-16H2,1H3,(H,26,30)(H,27,31). The summed E-state index contributed by atoms with van der Waals surface area (Å²) in [5.74, 6) is -0.841. The van der Waals surface area contributed by atoms with Gasteiger partial charge in [-0.05, 0) is 43.2 Å². The first kappa shape index (κ1) is 23.9. The molecule has 1 aromatic heterocycles. The fraction of sp³-hybridized carbons (Fsp3) is 0.333. The van der Waals surface area contributed by atoms with Crippen LogP contribution in [0, 0.1) is 5.82 Å². The number of nitrogens with zero attached hydrogens (tertiary/aromatic N) is 2. The number of ether oxygens (including phenoxy) is 1. The summed E-state index contributed by atoms with van der Waals surface area (Å²) in [7, 11) is 0. The van der Waals surface area contributed by atoms with E-state index >= 15 is 0 Å². The molecule has 0 saturated heterocycles. The van der Waals surface area contributed by atoms with Crippen LogP contribution in [0.3, 0.4) is 0 Å². The molecule has 0 aliphatic rings. The quantitative estimate of drug-likeness (QED) is 0.361. The van der Waals surface area contributed by atoms with Crippen LogP contribution in [0.15, 0.2) is 53.3 Å². The first-order chi connectivity index (χ1) is 16.0. The fourth-order valence-electron chi connectivity index (χ4n) is 3.27. The topological polar surface area (TPSA) is 102 Å². The van der Waals surface area contributed by atoms with Gasteiger partial charge < -0.3 is 4.74 Å². The van der Waals surface area contributed by atoms with Gasteiger partial charge in [-0.15, -0.1) is 0 Å². The van der Waals surface area contributed by atoms with E-state index in [1.165, 1.54) is 28.9 Å². The monoisotopic (exact) mass is 454 g/mol. The van der Waals surface area contributed by atoms with Crippen molar-refractivity contribution < 1.29 is 18.7 Å². The zero-order valence-electron chi connectivity index (χ0n) is 18.5. The number of rotatable bonds is 10. The number of aromatic nitrogens is 2. The molecular weight excluding hydrogens is 427 g/mol. The van der Waals surface area contributed by atoms with Gasteiger partial charge in [0, 0.05) is 18.4 Å². The third-order valence-electron chi connectivity index (χ3n) is 5.00. The molecular formula is C24H27FN4O4. The molecule has 2 N–H and O–H groups in total. The van der Waals surface area contributed by atoms with Gasteiger partial charge in [-0.2, -0.15) is 5.10 Å². The molecule has 0 bridgehead atoms. The highest BCUT2D eigenvalue weighted by Crippen LogP contribution is 2.14. The van der Waals surface area contributed by atoms with Gasteiger partial charge in [-0.1, -0.05) is 38.0 Å². The van der Waals surface area contributed by atoms with E-state index in [0.29, 0.717) is 29.5 Å². The lowest BCUT2D eigenvalue weighted by atomic mass is 10.1. The summed E-state index contributed by atoms with van der Waals surface area (Å²) in [4.78, 5) is 37.5. The highest BCUT2D eigenvalue weighted by molar-refractivity contribution is 6.05. The molecule has 0 saturated carbocycles. The van der Waals surface area contributed by atoms with Crippen LogP contribution in [0.4, 0.5) is 4.39 Å². The van der Waals surface area contributed by atoms with E-state index in [4.69, 9.17) is 4.74 Å². The Bertz CT molecular complexity index is 1160. The number of hydrogen-bond donors (Lipinski definition) is 2. The Morgan fingerprint density at radius 2 is 1.73 bits per heavy atom. The largest absolute Gasteiger partial charge is 0.494 e. The summed E-state index contributed by atoms with van der Waals surface area (Å²) in [5, 5.41) is 5.09. The summed E-state index contributed by atoms with van der Waals surface area (Å²) in [5.41, 5.74) is 4.56. The molecule has 174 valence electrons. The summed E-state index contributed by atoms with van der Waals surface area (Å²) < 4.78 is 19.6. The predicted octanol–water partition coefficient (Wildman–Crippen LogP) is 3.35. The normalized spacial score (nSPS) is 10.7. The summed E-state index contributed by atoms with van der Waals surface area (Å²) >= 11 is 0. The summed E-state index contributed by atoms with van der Waals surface area (Å²) in [6.45, 7) is 2.74. The van der Waals surface area contributed by atoms with Crippen LogP contribution >= 0.6 is 0 Å². The Morgan fingerprint density at radius 1 is 1.00 bits per heavy atom. The van der Waals surface area contributed by atoms with Crippen LogP contribution < -0.4 is 21.1 Å². The van der Waals surface area contributed by atoms with Crippen LogP contribution in [0.1, 0.15) is 49.5 Å². The van der Waals surface area contributed by atoms with Crippen LogP contribution in [0.25, 0.3) is 10.8 Å². The second kappa shape index (κ2) is 11.8. The van der Waals surface area contributed by atoms with Gasteiger partial charge >= 0.3 is 0 Å². The minimum absolute atomic E-state index is 0.0710. The molecule has 2 amide bonds. The van der Waals surface area contributed by atoms with Gasteiger partial charge in [0.2, 0.25) is 5.91 Å². The van der Waals surface area contributed by atoms with E-state index < -0.39 is 11.8 Å². The molecule has 1 heterocycles. The zero-order valence-corrected chi connectivity index (χ0v) is 18.5. The third kappa shape index (κ3) is 6.61. The minimum atomic E-state index is -0.605. The van der Waals surface area contributed by atoms with Crippen LogP contribution in [0.2, 0.25) is 0 Å². The summed E-state index contributed by atoms with van der Waals surface area (Å²) in [6, 6.07) is 12.4. The van der Waals surface area contributed by atoms with E-state index in [1.807, 2.05) is 0 Å². The molecule has 9 heteroatoms. The number of aryl methyl sites for hydroxylation is 1. The number of fused-ring (bicyclic) bond motifs is 1. The van der Waals surface area contributed by atoms with Crippen molar-refractivity contribution in [3.05, 3.63) is 70.4 Å². The smallest absolute Gasteiger partial charge is 0.290 e. The third-order valence-corrected chi connectivity index (χ3v) is 5.00. The van der Waals surface area contributed by atoms with Gasteiger partial charge in [0.1, 0.15) is 11.6 Å². The average molecular weight is 455 g/mol. The van der Waals surface area contributed by atoms with Gasteiger partial charge in [0.25, 0.3) is 11.5 Å². The molecule has 0 aliphatic carbocycles. The van der Waals surface area contributed by atoms with E-state index in [1.54, 1.807) is 24.3 Å². The van der Waals surface area contributed by atoms with Crippen molar-refractivity contribution in [2.45, 2.75) is 45.6 Å². The molecule has 3 rings (SSSR count). The molecule has 3 aromatic rings. The highest BCUT2D eigenvalue weighted by Gasteiger charge is 2.17. The van der Waals surface area contributed by atoms with Crippen molar-refractivity contribution >= 4 is 22.6 Å². The molecule has 33 heavy (non-hydrogen) atoms. The average Bonchev–Trinajstić information content (AvgIpc) is 2.83. The Balaban J connectivity index is 1.57. The number of carbonyl (C=O) groups is 2. The lowest BCUT2D eigenvalue weighted by Gasteiger charge is -2.12. The molecule has 2 aromatic carbocycles. The van der Waals surface area contributed by atoms with Crippen molar-refractivity contribution in [1.82, 2.24) is 20.6 Å². The van der Waals surface area contributed by atoms with E-state index in [0.717, 1.165) is 19.3 Å². The number of hydrazine groups is 1. The number of amides is 2. The maximum atomic E-state index is 12.9. The number of halogens is 1. The van der Waals surface area contributed by atoms with Gasteiger partial charge in [0.05, 0.1) is 12.0 Å². The van der Waals surface area contributed by atoms with Crippen molar-refractivity contribution in [2.24, 2.45) is 0 Å². The van der Waals surface area contributed by atoms with Crippen LogP contribution in [-0.2, 0) is 11.3 Å². The van der Waals surface area contributed by atoms with Crippen molar-refractivity contribution in [1.29, 1.82) is 0 Å². The zero-order chi connectivity index (χ0) is 23.6. The predicted molar refractivity (Wildman–Crippen MR) is 122 cm³/mol. The molecule has 0 aliphatic heterocycles. The first-order valence-corrected chi connectivity index (χ1v) is 11.0. The molecule has 8 nitrogen and oxygen atoms in total. The van der Waals surface area contributed by atoms with Gasteiger partial charge in [-0.3, -0.25) is 25.2 Å². The summed E-state index contributed by atoms with van der Waals surface area (Å²) in [6.07, 6.45) is 3.24. The molecule has 0 fully saturated rings. The Morgan fingerprint density at radius 3 is 2.45 bits per heavy atom. The maximum absolute atomic E-state index is 12.9. The number of carbonyl (C=O) groups excluding carboxylic acids is 2. The van der Waals surface area contributed by atoms with E-state index in [9.17, 15) is 18.8 Å². The Hall–Kier alpha value is -3.75. The number of nitrogens with one attached hydrogen (secondary N) is 2. The van der Waals surface area contributed by atoms with Crippen LogP contribution in [-0.4, -0.2) is 28.2 Å². The molecule has 0 unspecified atom stereocenters. The fourth-order valence-corrected chi connectivity index (χ4v) is 3.27. The highest BCUT2D eigenvalue weighted by atomic mass is 19.1. The SMILES string of the molecule is CCCCCn1nc(C(=O)NNC(=O)CCCOc2ccc(F)cc2)c2ccccc2c1=O.